The Bertz CT molecular complexity index is 1330. The largest absolute Gasteiger partial charge is 0.473 e. The van der Waals surface area contributed by atoms with E-state index in [9.17, 15) is 4.79 Å². The molecule has 1 aliphatic carbocycles. The Morgan fingerprint density at radius 1 is 1.06 bits per heavy atom. The number of thiophene rings is 1. The van der Waals surface area contributed by atoms with Crippen molar-refractivity contribution in [2.45, 2.75) is 31.4 Å². The molecule has 1 atom stereocenters. The van der Waals surface area contributed by atoms with Gasteiger partial charge in [0, 0.05) is 46.7 Å². The molecule has 5 nitrogen and oxygen atoms in total. The molecule has 0 amide bonds. The predicted molar refractivity (Wildman–Crippen MR) is 137 cm³/mol. The van der Waals surface area contributed by atoms with Crippen LogP contribution < -0.4 is 10.3 Å². The fourth-order valence-electron chi connectivity index (χ4n) is 4.36. The number of halogens is 2. The van der Waals surface area contributed by atoms with Crippen LogP contribution in [0.4, 0.5) is 0 Å². The number of aromatic nitrogens is 2. The molecule has 6 rings (SSSR count). The molecule has 4 heterocycles. The number of ether oxygens (including phenoxy) is 1. The van der Waals surface area contributed by atoms with Crippen LogP contribution in [0.2, 0.25) is 5.02 Å². The molecule has 0 bridgehead atoms. The van der Waals surface area contributed by atoms with Crippen LogP contribution in [0.15, 0.2) is 65.7 Å². The van der Waals surface area contributed by atoms with Crippen LogP contribution >= 0.6 is 35.3 Å². The van der Waals surface area contributed by atoms with Crippen molar-refractivity contribution in [2.24, 2.45) is 0 Å². The van der Waals surface area contributed by atoms with E-state index in [4.69, 9.17) is 16.3 Å². The molecule has 4 aromatic rings. The third-order valence-electron chi connectivity index (χ3n) is 6.23. The van der Waals surface area contributed by atoms with Gasteiger partial charge in [-0.2, -0.15) is 0 Å². The van der Waals surface area contributed by atoms with Gasteiger partial charge >= 0.3 is 0 Å². The average Bonchev–Trinajstić information content (AvgIpc) is 3.39. The normalized spacial score (nSPS) is 18.4. The quantitative estimate of drug-likeness (QED) is 0.347. The van der Waals surface area contributed by atoms with Crippen LogP contribution in [-0.2, 0) is 0 Å². The summed E-state index contributed by atoms with van der Waals surface area (Å²) < 4.78 is 8.46. The van der Waals surface area contributed by atoms with E-state index < -0.39 is 0 Å². The monoisotopic (exact) mass is 499 g/mol. The Balaban J connectivity index is 0.00000228. The van der Waals surface area contributed by atoms with Gasteiger partial charge in [-0.05, 0) is 55.2 Å². The summed E-state index contributed by atoms with van der Waals surface area (Å²) in [6.45, 7) is 2.10. The van der Waals surface area contributed by atoms with E-state index in [1.807, 2.05) is 48.7 Å². The summed E-state index contributed by atoms with van der Waals surface area (Å²) in [5.74, 6) is 0.617. The highest BCUT2D eigenvalue weighted by atomic mass is 35.5. The lowest BCUT2D eigenvalue weighted by atomic mass is 10.2. The molecule has 33 heavy (non-hydrogen) atoms. The second kappa shape index (κ2) is 9.11. The molecule has 0 radical (unpaired) electrons. The molecule has 1 saturated heterocycles. The number of benzene rings is 1. The third-order valence-corrected chi connectivity index (χ3v) is 7.67. The minimum absolute atomic E-state index is 0. The summed E-state index contributed by atoms with van der Waals surface area (Å²) in [7, 11) is 0. The fraction of sp³-hybridized carbons (Fsp3) is 0.280. The Labute approximate surface area is 207 Å². The first-order valence-electron chi connectivity index (χ1n) is 10.9. The Morgan fingerprint density at radius 2 is 1.88 bits per heavy atom. The zero-order valence-corrected chi connectivity index (χ0v) is 20.2. The van der Waals surface area contributed by atoms with Crippen LogP contribution in [0.3, 0.4) is 0 Å². The second-order valence-electron chi connectivity index (χ2n) is 8.50. The van der Waals surface area contributed by atoms with Crippen molar-refractivity contribution in [2.75, 3.05) is 13.1 Å². The summed E-state index contributed by atoms with van der Waals surface area (Å²) in [6, 6.07) is 16.2. The third kappa shape index (κ3) is 4.53. The number of hydrogen-bond acceptors (Lipinski definition) is 5. The van der Waals surface area contributed by atoms with Gasteiger partial charge in [-0.15, -0.1) is 23.7 Å². The van der Waals surface area contributed by atoms with Crippen LogP contribution in [-0.4, -0.2) is 39.7 Å². The average molecular weight is 500 g/mol. The summed E-state index contributed by atoms with van der Waals surface area (Å²) >= 11 is 7.50. The maximum Gasteiger partial charge on any atom is 0.273 e. The van der Waals surface area contributed by atoms with E-state index in [1.54, 1.807) is 10.8 Å². The second-order valence-corrected chi connectivity index (χ2v) is 9.99. The number of fused-ring (bicyclic) bond motifs is 1. The van der Waals surface area contributed by atoms with Crippen LogP contribution in [0.5, 0.6) is 5.88 Å². The maximum absolute atomic E-state index is 13.2. The molecule has 3 aromatic heterocycles. The van der Waals surface area contributed by atoms with Crippen molar-refractivity contribution in [1.82, 2.24) is 14.5 Å². The first kappa shape index (κ1) is 22.4. The first-order chi connectivity index (χ1) is 15.6. The molecule has 170 valence electrons. The molecule has 2 fully saturated rings. The summed E-state index contributed by atoms with van der Waals surface area (Å²) in [5, 5.41) is 1.64. The lowest BCUT2D eigenvalue weighted by molar-refractivity contribution is 0.191. The molecular weight excluding hydrogens is 477 g/mol. The zero-order valence-electron chi connectivity index (χ0n) is 17.8. The zero-order chi connectivity index (χ0) is 21.7. The predicted octanol–water partition coefficient (Wildman–Crippen LogP) is 5.80. The molecule has 0 unspecified atom stereocenters. The fourth-order valence-corrected chi connectivity index (χ4v) is 5.58. The number of nitrogens with zero attached hydrogens (tertiary/aromatic N) is 3. The summed E-state index contributed by atoms with van der Waals surface area (Å²) in [4.78, 5) is 21.2. The van der Waals surface area contributed by atoms with E-state index >= 15 is 0 Å². The minimum Gasteiger partial charge on any atom is -0.473 e. The maximum atomic E-state index is 13.2. The van der Waals surface area contributed by atoms with E-state index in [1.165, 1.54) is 24.2 Å². The van der Waals surface area contributed by atoms with Crippen molar-refractivity contribution < 1.29 is 4.74 Å². The van der Waals surface area contributed by atoms with E-state index in [2.05, 4.69) is 16.0 Å². The standard InChI is InChI=1S/C25H22ClN3O2S.ClH/c26-18-3-1-16(2-4-18)22-13-17-9-12-29(25(30)24(17)32-22)20-7-8-23(27-14-20)31-21-10-11-28(15-21)19-5-6-19;/h1-4,7-9,12-14,19,21H,5-6,10-11,15H2;1H/t21-;/m1./s1. The molecule has 2 aliphatic rings. The first-order valence-corrected chi connectivity index (χ1v) is 12.1. The highest BCUT2D eigenvalue weighted by Crippen LogP contribution is 2.33. The van der Waals surface area contributed by atoms with Gasteiger partial charge in [-0.3, -0.25) is 14.3 Å². The molecule has 0 N–H and O–H groups in total. The number of rotatable bonds is 5. The van der Waals surface area contributed by atoms with Crippen LogP contribution in [0.1, 0.15) is 19.3 Å². The molecule has 0 spiro atoms. The highest BCUT2D eigenvalue weighted by molar-refractivity contribution is 7.22. The van der Waals surface area contributed by atoms with Crippen molar-refractivity contribution in [3.05, 3.63) is 76.3 Å². The lowest BCUT2D eigenvalue weighted by Crippen LogP contribution is -2.26. The summed E-state index contributed by atoms with van der Waals surface area (Å²) in [6.07, 6.45) is 7.42. The van der Waals surface area contributed by atoms with Crippen molar-refractivity contribution in [3.63, 3.8) is 0 Å². The van der Waals surface area contributed by atoms with Crippen molar-refractivity contribution >= 4 is 45.4 Å². The smallest absolute Gasteiger partial charge is 0.273 e. The molecule has 1 aromatic carbocycles. The Hall–Kier alpha value is -2.38. The van der Waals surface area contributed by atoms with Gasteiger partial charge in [-0.1, -0.05) is 23.7 Å². The topological polar surface area (TPSA) is 47.4 Å². The van der Waals surface area contributed by atoms with Gasteiger partial charge in [0.2, 0.25) is 5.88 Å². The van der Waals surface area contributed by atoms with Gasteiger partial charge in [0.15, 0.2) is 0 Å². The van der Waals surface area contributed by atoms with Crippen molar-refractivity contribution in [1.29, 1.82) is 0 Å². The van der Waals surface area contributed by atoms with Gasteiger partial charge < -0.3 is 4.74 Å². The van der Waals surface area contributed by atoms with E-state index in [0.717, 1.165) is 51.8 Å². The summed E-state index contributed by atoms with van der Waals surface area (Å²) in [5.41, 5.74) is 1.74. The van der Waals surface area contributed by atoms with Gasteiger partial charge in [-0.25, -0.2) is 4.98 Å². The molecular formula is C25H23Cl2N3O2S. The Morgan fingerprint density at radius 3 is 2.61 bits per heavy atom. The van der Waals surface area contributed by atoms with Crippen molar-refractivity contribution in [3.8, 4) is 22.0 Å². The van der Waals surface area contributed by atoms with Crippen LogP contribution in [0, 0.1) is 0 Å². The number of hydrogen-bond donors (Lipinski definition) is 0. The number of likely N-dealkylation sites (tertiary alicyclic amines) is 1. The van der Waals surface area contributed by atoms with E-state index in [-0.39, 0.29) is 24.1 Å². The van der Waals surface area contributed by atoms with Gasteiger partial charge in [0.25, 0.3) is 5.56 Å². The van der Waals surface area contributed by atoms with Crippen LogP contribution in [0.25, 0.3) is 26.2 Å². The number of pyridine rings is 2. The minimum atomic E-state index is -0.0425. The van der Waals surface area contributed by atoms with Gasteiger partial charge in [0.05, 0.1) is 11.9 Å². The van der Waals surface area contributed by atoms with E-state index in [0.29, 0.717) is 10.9 Å². The molecule has 1 saturated carbocycles. The Kier molecular flexibility index (Phi) is 6.18. The molecule has 8 heteroatoms. The molecule has 1 aliphatic heterocycles. The SMILES string of the molecule is Cl.O=c1c2sc(-c3ccc(Cl)cc3)cc2ccn1-c1ccc(O[C@@H]2CCN(C3CC3)C2)nc1. The highest BCUT2D eigenvalue weighted by Gasteiger charge is 2.35. The lowest BCUT2D eigenvalue weighted by Gasteiger charge is -2.15. The van der Waals surface area contributed by atoms with Gasteiger partial charge in [0.1, 0.15) is 10.8 Å².